The van der Waals surface area contributed by atoms with E-state index in [4.69, 9.17) is 4.98 Å². The highest BCUT2D eigenvalue weighted by molar-refractivity contribution is 6.15. The van der Waals surface area contributed by atoms with E-state index in [1.807, 2.05) is 0 Å². The maximum absolute atomic E-state index is 5.51. The van der Waals surface area contributed by atoms with Gasteiger partial charge in [0.2, 0.25) is 0 Å². The van der Waals surface area contributed by atoms with Crippen LogP contribution in [0.4, 0.5) is 0 Å². The zero-order chi connectivity index (χ0) is 36.7. The second-order valence-corrected chi connectivity index (χ2v) is 14.8. The first-order valence-corrected chi connectivity index (χ1v) is 19.2. The Bertz CT molecular complexity index is 3390. The number of para-hydroxylation sites is 2. The van der Waals surface area contributed by atoms with E-state index < -0.39 is 0 Å². The fourth-order valence-electron chi connectivity index (χ4n) is 8.93. The topological polar surface area (TPSA) is 22.8 Å². The normalized spacial score (nSPS) is 11.9. The van der Waals surface area contributed by atoms with E-state index in [0.717, 1.165) is 44.2 Å². The summed E-state index contributed by atoms with van der Waals surface area (Å²) in [5.74, 6) is 0. The summed E-state index contributed by atoms with van der Waals surface area (Å²) in [6.07, 6.45) is 0. The molecule has 3 heteroatoms. The van der Waals surface area contributed by atoms with Gasteiger partial charge in [-0.05, 0) is 134 Å². The molecule has 8 aromatic carbocycles. The monoisotopic (exact) mass is 711 g/mol. The molecule has 56 heavy (non-hydrogen) atoms. The van der Waals surface area contributed by atoms with Gasteiger partial charge >= 0.3 is 0 Å². The van der Waals surface area contributed by atoms with E-state index >= 15 is 0 Å². The Balaban J connectivity index is 1.27. The van der Waals surface area contributed by atoms with E-state index in [2.05, 4.69) is 209 Å². The second kappa shape index (κ2) is 12.0. The molecule has 260 valence electrons. The Labute approximate surface area is 322 Å². The Morgan fingerprint density at radius 2 is 0.643 bits per heavy atom. The predicted molar refractivity (Wildman–Crippen MR) is 238 cm³/mol. The first-order valence-electron chi connectivity index (χ1n) is 19.2. The predicted octanol–water partition coefficient (Wildman–Crippen LogP) is 14.2. The van der Waals surface area contributed by atoms with Gasteiger partial charge in [0, 0.05) is 32.9 Å². The van der Waals surface area contributed by atoms with Crippen molar-refractivity contribution in [2.45, 2.75) is 0 Å². The summed E-state index contributed by atoms with van der Waals surface area (Å²) in [6.45, 7) is 0. The van der Waals surface area contributed by atoms with Gasteiger partial charge < -0.3 is 9.13 Å². The molecule has 0 fully saturated rings. The zero-order valence-corrected chi connectivity index (χ0v) is 30.4. The Morgan fingerprint density at radius 3 is 1.14 bits per heavy atom. The quantitative estimate of drug-likeness (QED) is 0.175. The van der Waals surface area contributed by atoms with E-state index in [1.165, 1.54) is 64.9 Å². The van der Waals surface area contributed by atoms with Crippen LogP contribution in [0.3, 0.4) is 0 Å². The van der Waals surface area contributed by atoms with Crippen molar-refractivity contribution in [2.75, 3.05) is 0 Å². The minimum atomic E-state index is 0.952. The van der Waals surface area contributed by atoms with Gasteiger partial charge in [-0.1, -0.05) is 109 Å². The highest BCUT2D eigenvalue weighted by Gasteiger charge is 2.16. The number of aromatic nitrogens is 3. The van der Waals surface area contributed by atoms with Gasteiger partial charge in [0.15, 0.2) is 0 Å². The molecule has 0 saturated heterocycles. The first kappa shape index (κ1) is 30.9. The van der Waals surface area contributed by atoms with E-state index in [1.54, 1.807) is 0 Å². The lowest BCUT2D eigenvalue weighted by atomic mass is 10.0. The summed E-state index contributed by atoms with van der Waals surface area (Å²) in [4.78, 5) is 5.51. The van der Waals surface area contributed by atoms with Gasteiger partial charge in [-0.3, -0.25) is 0 Å². The molecule has 0 unspecified atom stereocenters. The highest BCUT2D eigenvalue weighted by Crippen LogP contribution is 2.37. The molecule has 0 aliphatic rings. The molecular weight excluding hydrogens is 679 g/mol. The Morgan fingerprint density at radius 1 is 0.268 bits per heavy atom. The fourth-order valence-corrected chi connectivity index (χ4v) is 8.93. The lowest BCUT2D eigenvalue weighted by Crippen LogP contribution is -1.93. The molecule has 0 saturated carbocycles. The standard InChI is InChI=1S/C53H33N3/c1-3-16-43(17-4-1)55-49-24-20-40-31-45(49)46-33-42(22-26-50(46)55)48-23-27-52-53(54-48)47-32-41(21-25-51(47)56(52)44-18-5-2-6-19-44)39-15-9-13-37(30-39)35-11-7-10-34(28-35)36-12-8-14-38(40)29-36/h1-33H. The van der Waals surface area contributed by atoms with Crippen molar-refractivity contribution in [3.8, 4) is 11.4 Å². The Kier molecular flexibility index (Phi) is 6.63. The van der Waals surface area contributed by atoms with E-state index in [0.29, 0.717) is 0 Å². The molecule has 4 heterocycles. The summed E-state index contributed by atoms with van der Waals surface area (Å²) in [6, 6.07) is 73.2. The molecule has 0 N–H and O–H groups in total. The molecule has 0 aliphatic carbocycles. The molecule has 0 radical (unpaired) electrons. The number of pyridine rings is 1. The highest BCUT2D eigenvalue weighted by atomic mass is 15.0. The summed E-state index contributed by atoms with van der Waals surface area (Å²) in [7, 11) is 0. The molecule has 3 nitrogen and oxygen atoms in total. The molecule has 0 spiro atoms. The summed E-state index contributed by atoms with van der Waals surface area (Å²) in [5.41, 5.74) is 8.78. The van der Waals surface area contributed by atoms with E-state index in [9.17, 15) is 0 Å². The molecule has 12 aromatic rings. The molecule has 12 rings (SSSR count). The lowest BCUT2D eigenvalue weighted by molar-refractivity contribution is 1.18. The largest absolute Gasteiger partial charge is 0.309 e. The van der Waals surface area contributed by atoms with Gasteiger partial charge in [-0.25, -0.2) is 4.98 Å². The van der Waals surface area contributed by atoms with Crippen LogP contribution >= 0.6 is 0 Å². The van der Waals surface area contributed by atoms with Crippen molar-refractivity contribution in [2.24, 2.45) is 0 Å². The maximum Gasteiger partial charge on any atom is 0.0971 e. The van der Waals surface area contributed by atoms with Crippen LogP contribution < -0.4 is 0 Å². The molecule has 0 amide bonds. The van der Waals surface area contributed by atoms with Gasteiger partial charge in [0.25, 0.3) is 0 Å². The number of benzene rings is 8. The third-order valence-electron chi connectivity index (χ3n) is 11.6. The van der Waals surface area contributed by atoms with Crippen molar-refractivity contribution in [1.29, 1.82) is 0 Å². The van der Waals surface area contributed by atoms with Crippen LogP contribution in [-0.2, 0) is 0 Å². The SMILES string of the molecule is c1ccc(-n2c3ccc4cc3c3cc(ccc32)c2ccc3c(n2)c2cc(ccc2n3-c2ccccc2)c2cccc(c2)c2cccc(c2)c2cccc4c2)cc1. The average molecular weight is 712 g/mol. The lowest BCUT2D eigenvalue weighted by Gasteiger charge is -2.07. The van der Waals surface area contributed by atoms with Crippen LogP contribution in [0.1, 0.15) is 0 Å². The number of rotatable bonds is 2. The maximum atomic E-state index is 5.51. The molecule has 0 atom stereocenters. The van der Waals surface area contributed by atoms with Crippen LogP contribution in [0.25, 0.3) is 109 Å². The zero-order valence-electron chi connectivity index (χ0n) is 30.4. The van der Waals surface area contributed by atoms with Gasteiger partial charge in [-0.15, -0.1) is 0 Å². The van der Waals surface area contributed by atoms with Gasteiger partial charge in [0.1, 0.15) is 0 Å². The van der Waals surface area contributed by atoms with Crippen LogP contribution in [0.15, 0.2) is 200 Å². The van der Waals surface area contributed by atoms with Gasteiger partial charge in [-0.2, -0.15) is 0 Å². The number of fused-ring (bicyclic) bond motifs is 15. The van der Waals surface area contributed by atoms with Crippen molar-refractivity contribution in [3.05, 3.63) is 200 Å². The number of hydrogen-bond donors (Lipinski definition) is 0. The summed E-state index contributed by atoms with van der Waals surface area (Å²) < 4.78 is 4.73. The summed E-state index contributed by atoms with van der Waals surface area (Å²) in [5, 5.41) is 14.1. The van der Waals surface area contributed by atoms with Crippen LogP contribution in [0.2, 0.25) is 0 Å². The van der Waals surface area contributed by atoms with Crippen molar-refractivity contribution in [3.63, 3.8) is 0 Å². The first-order chi connectivity index (χ1) is 27.7. The third-order valence-corrected chi connectivity index (χ3v) is 11.6. The van der Waals surface area contributed by atoms with Crippen molar-refractivity contribution in [1.82, 2.24) is 14.1 Å². The minimum Gasteiger partial charge on any atom is -0.309 e. The van der Waals surface area contributed by atoms with Crippen LogP contribution in [0.5, 0.6) is 0 Å². The van der Waals surface area contributed by atoms with Crippen molar-refractivity contribution >= 4 is 97.7 Å². The van der Waals surface area contributed by atoms with Crippen molar-refractivity contribution < 1.29 is 0 Å². The minimum absolute atomic E-state index is 0.952. The molecule has 4 aromatic heterocycles. The fraction of sp³-hybridized carbons (Fsp3) is 0. The van der Waals surface area contributed by atoms with Crippen LogP contribution in [-0.4, -0.2) is 14.1 Å². The van der Waals surface area contributed by atoms with Crippen LogP contribution in [0, 0.1) is 0 Å². The average Bonchev–Trinajstić information content (AvgIpc) is 3.78. The molecular formula is C53H33N3. The number of nitrogens with zero attached hydrogens (tertiary/aromatic N) is 3. The summed E-state index contributed by atoms with van der Waals surface area (Å²) >= 11 is 0. The molecule has 0 aliphatic heterocycles. The number of hydrogen-bond acceptors (Lipinski definition) is 1. The third kappa shape index (κ3) is 4.74. The second-order valence-electron chi connectivity index (χ2n) is 14.8. The van der Waals surface area contributed by atoms with Gasteiger partial charge in [0.05, 0.1) is 33.1 Å². The molecule has 14 bridgehead atoms. The Hall–Kier alpha value is -7.49. The van der Waals surface area contributed by atoms with E-state index in [-0.39, 0.29) is 0 Å². The smallest absolute Gasteiger partial charge is 0.0971 e.